The van der Waals surface area contributed by atoms with Gasteiger partial charge in [0.05, 0.1) is 6.10 Å². The summed E-state index contributed by atoms with van der Waals surface area (Å²) in [6.45, 7) is 19.4. The van der Waals surface area contributed by atoms with Crippen LogP contribution in [0.15, 0.2) is 11.6 Å². The maximum Gasteiger partial charge on any atom is 0.138 e. The van der Waals surface area contributed by atoms with Gasteiger partial charge < -0.3 is 5.11 Å². The van der Waals surface area contributed by atoms with Crippen molar-refractivity contribution >= 4 is 5.78 Å². The Morgan fingerprint density at radius 3 is 2.22 bits per heavy atom. The summed E-state index contributed by atoms with van der Waals surface area (Å²) >= 11 is 0. The molecular weight excluding hydrogens is 392 g/mol. The summed E-state index contributed by atoms with van der Waals surface area (Å²) in [6.07, 6.45) is 12.4. The van der Waals surface area contributed by atoms with Crippen LogP contribution in [0.4, 0.5) is 0 Å². The fourth-order valence-corrected chi connectivity index (χ4v) is 10.5. The number of allylic oxidation sites excluding steroid dienone is 2. The Balaban J connectivity index is 1.59. The number of fused-ring (bicyclic) bond motifs is 7. The topological polar surface area (TPSA) is 37.3 Å². The van der Waals surface area contributed by atoms with Gasteiger partial charge in [-0.1, -0.05) is 67.0 Å². The SMILES string of the molecule is CC1(C)CC(O)C2(C)CCC3(C)C(=CCC4C5(C)CCC(=O)C(C)(C)C5CCC43C)C2C1. The van der Waals surface area contributed by atoms with E-state index < -0.39 is 0 Å². The summed E-state index contributed by atoms with van der Waals surface area (Å²) in [5.41, 5.74) is 2.51. The van der Waals surface area contributed by atoms with Crippen LogP contribution in [-0.4, -0.2) is 17.0 Å². The lowest BCUT2D eigenvalue weighted by Gasteiger charge is -2.71. The van der Waals surface area contributed by atoms with Crippen molar-refractivity contribution in [3.05, 3.63) is 11.6 Å². The lowest BCUT2D eigenvalue weighted by Crippen LogP contribution is -2.64. The van der Waals surface area contributed by atoms with E-state index in [1.165, 1.54) is 32.1 Å². The van der Waals surface area contributed by atoms with E-state index in [9.17, 15) is 9.90 Å². The molecule has 0 aromatic heterocycles. The van der Waals surface area contributed by atoms with Crippen molar-refractivity contribution in [1.82, 2.24) is 0 Å². The van der Waals surface area contributed by atoms with Crippen LogP contribution in [0, 0.1) is 50.2 Å². The molecule has 0 saturated heterocycles. The molecule has 180 valence electrons. The molecular formula is C30H48O2. The molecule has 0 spiro atoms. The highest BCUT2D eigenvalue weighted by Gasteiger charge is 2.68. The first-order chi connectivity index (χ1) is 14.6. The third kappa shape index (κ3) is 2.65. The quantitative estimate of drug-likeness (QED) is 0.400. The third-order valence-electron chi connectivity index (χ3n) is 12.9. The largest absolute Gasteiger partial charge is 0.393 e. The second-order valence-corrected chi connectivity index (χ2v) is 15.1. The standard InChI is InChI=1S/C30H48O2/c1-25(2)17-20-19-9-10-22-28(6)13-12-23(31)26(3,4)21(28)11-14-30(22,8)29(19,7)16-15-27(20,5)24(32)18-25/h9,20-22,24,32H,10-18H2,1-8H3. The van der Waals surface area contributed by atoms with Gasteiger partial charge in [0.15, 0.2) is 0 Å². The molecule has 5 aliphatic carbocycles. The number of hydrogen-bond donors (Lipinski definition) is 1. The van der Waals surface area contributed by atoms with E-state index >= 15 is 0 Å². The number of carbonyl (C=O) groups excluding carboxylic acids is 1. The Bertz CT molecular complexity index is 866. The Morgan fingerprint density at radius 2 is 1.53 bits per heavy atom. The van der Waals surface area contributed by atoms with Gasteiger partial charge in [0.2, 0.25) is 0 Å². The van der Waals surface area contributed by atoms with Gasteiger partial charge in [-0.25, -0.2) is 0 Å². The number of hydrogen-bond acceptors (Lipinski definition) is 2. The average Bonchev–Trinajstić information content (AvgIpc) is 2.67. The summed E-state index contributed by atoms with van der Waals surface area (Å²) < 4.78 is 0. The lowest BCUT2D eigenvalue weighted by molar-refractivity contribution is -0.190. The maximum absolute atomic E-state index is 12.9. The Labute approximate surface area is 197 Å². The van der Waals surface area contributed by atoms with E-state index in [-0.39, 0.29) is 38.6 Å². The Kier molecular flexibility index (Phi) is 4.71. The van der Waals surface area contributed by atoms with Crippen molar-refractivity contribution in [3.63, 3.8) is 0 Å². The molecule has 1 N–H and O–H groups in total. The van der Waals surface area contributed by atoms with E-state index in [4.69, 9.17) is 0 Å². The first-order valence-corrected chi connectivity index (χ1v) is 13.5. The van der Waals surface area contributed by atoms with E-state index in [0.29, 0.717) is 23.5 Å². The second-order valence-electron chi connectivity index (χ2n) is 15.1. The van der Waals surface area contributed by atoms with Crippen molar-refractivity contribution in [2.75, 3.05) is 0 Å². The predicted octanol–water partition coefficient (Wildman–Crippen LogP) is 7.35. The fraction of sp³-hybridized carbons (Fsp3) is 0.900. The molecule has 8 unspecified atom stereocenters. The van der Waals surface area contributed by atoms with Crippen LogP contribution in [0.2, 0.25) is 0 Å². The van der Waals surface area contributed by atoms with E-state index in [1.807, 2.05) is 0 Å². The van der Waals surface area contributed by atoms with Gasteiger partial charge in [-0.05, 0) is 90.8 Å². The summed E-state index contributed by atoms with van der Waals surface area (Å²) in [4.78, 5) is 12.9. The highest BCUT2D eigenvalue weighted by Crippen LogP contribution is 2.75. The first-order valence-electron chi connectivity index (χ1n) is 13.5. The molecule has 32 heavy (non-hydrogen) atoms. The van der Waals surface area contributed by atoms with Crippen molar-refractivity contribution in [2.45, 2.75) is 119 Å². The van der Waals surface area contributed by atoms with Crippen molar-refractivity contribution in [1.29, 1.82) is 0 Å². The van der Waals surface area contributed by atoms with E-state index in [2.05, 4.69) is 61.5 Å². The van der Waals surface area contributed by atoms with E-state index in [1.54, 1.807) is 5.57 Å². The molecule has 2 nitrogen and oxygen atoms in total. The molecule has 8 atom stereocenters. The van der Waals surface area contributed by atoms with Crippen LogP contribution >= 0.6 is 0 Å². The van der Waals surface area contributed by atoms with Crippen molar-refractivity contribution in [3.8, 4) is 0 Å². The van der Waals surface area contributed by atoms with Crippen LogP contribution in [-0.2, 0) is 4.79 Å². The lowest BCUT2D eigenvalue weighted by atomic mass is 9.33. The summed E-state index contributed by atoms with van der Waals surface area (Å²) in [5.74, 6) is 2.17. The first kappa shape index (κ1) is 23.1. The van der Waals surface area contributed by atoms with Crippen LogP contribution in [0.1, 0.15) is 113 Å². The molecule has 2 heteroatoms. The number of aliphatic hydroxyl groups is 1. The van der Waals surface area contributed by atoms with Crippen LogP contribution in [0.3, 0.4) is 0 Å². The predicted molar refractivity (Wildman–Crippen MR) is 131 cm³/mol. The van der Waals surface area contributed by atoms with Gasteiger partial charge in [0.1, 0.15) is 5.78 Å². The van der Waals surface area contributed by atoms with Gasteiger partial charge in [-0.3, -0.25) is 4.79 Å². The van der Waals surface area contributed by atoms with Gasteiger partial charge in [-0.2, -0.15) is 0 Å². The molecule has 0 amide bonds. The molecule has 4 fully saturated rings. The molecule has 4 saturated carbocycles. The van der Waals surface area contributed by atoms with Crippen LogP contribution in [0.25, 0.3) is 0 Å². The molecule has 5 aliphatic rings. The molecule has 0 aromatic rings. The van der Waals surface area contributed by atoms with Crippen molar-refractivity contribution in [2.24, 2.45) is 50.2 Å². The summed E-state index contributed by atoms with van der Waals surface area (Å²) in [7, 11) is 0. The van der Waals surface area contributed by atoms with E-state index in [0.717, 1.165) is 25.7 Å². The Hall–Kier alpha value is -0.630. The molecule has 5 rings (SSSR count). The number of Topliss-reactive ketones (excluding diaryl/α,β-unsaturated/α-hetero) is 1. The molecule has 0 bridgehead atoms. The zero-order valence-electron chi connectivity index (χ0n) is 22.1. The third-order valence-corrected chi connectivity index (χ3v) is 12.9. The molecule has 0 heterocycles. The zero-order chi connectivity index (χ0) is 23.5. The second kappa shape index (κ2) is 6.52. The highest BCUT2D eigenvalue weighted by molar-refractivity contribution is 5.85. The minimum Gasteiger partial charge on any atom is -0.393 e. The average molecular weight is 441 g/mol. The number of carbonyl (C=O) groups is 1. The van der Waals surface area contributed by atoms with Crippen LogP contribution < -0.4 is 0 Å². The summed E-state index contributed by atoms with van der Waals surface area (Å²) in [6, 6.07) is 0. The van der Waals surface area contributed by atoms with Gasteiger partial charge in [0.25, 0.3) is 0 Å². The van der Waals surface area contributed by atoms with Gasteiger partial charge in [0, 0.05) is 17.3 Å². The minimum absolute atomic E-state index is 0.0322. The normalized spacial score (nSPS) is 53.9. The van der Waals surface area contributed by atoms with Gasteiger partial charge >= 0.3 is 0 Å². The summed E-state index contributed by atoms with van der Waals surface area (Å²) in [5, 5.41) is 11.3. The number of aliphatic hydroxyl groups excluding tert-OH is 1. The minimum atomic E-state index is -0.189. The number of rotatable bonds is 0. The molecule has 0 aromatic carbocycles. The Morgan fingerprint density at radius 1 is 0.844 bits per heavy atom. The molecule has 0 aliphatic heterocycles. The smallest absolute Gasteiger partial charge is 0.138 e. The molecule has 0 radical (unpaired) electrons. The van der Waals surface area contributed by atoms with Crippen LogP contribution in [0.5, 0.6) is 0 Å². The van der Waals surface area contributed by atoms with Gasteiger partial charge in [-0.15, -0.1) is 0 Å². The maximum atomic E-state index is 12.9. The highest BCUT2D eigenvalue weighted by atomic mass is 16.3. The fourth-order valence-electron chi connectivity index (χ4n) is 10.5. The monoisotopic (exact) mass is 440 g/mol. The zero-order valence-corrected chi connectivity index (χ0v) is 22.1. The number of ketones is 1. The van der Waals surface area contributed by atoms with Crippen molar-refractivity contribution < 1.29 is 9.90 Å².